The van der Waals surface area contributed by atoms with Gasteiger partial charge in [0.2, 0.25) is 0 Å². The van der Waals surface area contributed by atoms with Crippen molar-refractivity contribution in [2.75, 3.05) is 33.2 Å². The molecule has 1 aliphatic rings. The Kier molecular flexibility index (Phi) is 8.36. The zero-order valence-electron chi connectivity index (χ0n) is 16.3. The van der Waals surface area contributed by atoms with Crippen LogP contribution in [-0.4, -0.2) is 55.8 Å². The van der Waals surface area contributed by atoms with Gasteiger partial charge in [0, 0.05) is 33.2 Å². The van der Waals surface area contributed by atoms with Gasteiger partial charge in [-0.1, -0.05) is 13.8 Å². The van der Waals surface area contributed by atoms with Gasteiger partial charge in [-0.3, -0.25) is 4.99 Å². The van der Waals surface area contributed by atoms with E-state index in [0.29, 0.717) is 11.8 Å². The first kappa shape index (κ1) is 20.6. The summed E-state index contributed by atoms with van der Waals surface area (Å²) in [6.45, 7) is 13.5. The summed E-state index contributed by atoms with van der Waals surface area (Å²) in [5, 5.41) is 6.75. The highest BCUT2D eigenvalue weighted by atomic mass is 16.6. The van der Waals surface area contributed by atoms with Crippen LogP contribution in [0.2, 0.25) is 0 Å². The lowest BCUT2D eigenvalue weighted by atomic mass is 9.97. The van der Waals surface area contributed by atoms with E-state index in [1.54, 1.807) is 7.05 Å². The molecule has 0 aromatic rings. The number of carbonyl (C=O) groups is 1. The van der Waals surface area contributed by atoms with Gasteiger partial charge in [0.1, 0.15) is 5.60 Å². The average Bonchev–Trinajstić information content (AvgIpc) is 2.49. The van der Waals surface area contributed by atoms with E-state index < -0.39 is 5.60 Å². The molecule has 0 bridgehead atoms. The number of hydrogen-bond donors (Lipinski definition) is 2. The monoisotopic (exact) mass is 340 g/mol. The lowest BCUT2D eigenvalue weighted by Gasteiger charge is -2.33. The summed E-state index contributed by atoms with van der Waals surface area (Å²) in [7, 11) is 1.80. The zero-order chi connectivity index (χ0) is 18.2. The van der Waals surface area contributed by atoms with E-state index in [1.807, 2.05) is 25.7 Å². The first-order chi connectivity index (χ1) is 11.2. The smallest absolute Gasteiger partial charge is 0.410 e. The van der Waals surface area contributed by atoms with Crippen LogP contribution in [0.3, 0.4) is 0 Å². The van der Waals surface area contributed by atoms with E-state index in [4.69, 9.17) is 4.74 Å². The second-order valence-electron chi connectivity index (χ2n) is 7.97. The maximum absolute atomic E-state index is 12.1. The predicted octanol–water partition coefficient (Wildman–Crippen LogP) is 2.84. The number of nitrogens with one attached hydrogen (secondary N) is 2. The van der Waals surface area contributed by atoms with Gasteiger partial charge < -0.3 is 20.3 Å². The first-order valence-corrected chi connectivity index (χ1v) is 9.13. The van der Waals surface area contributed by atoms with Crippen LogP contribution in [0.4, 0.5) is 4.79 Å². The van der Waals surface area contributed by atoms with Crippen molar-refractivity contribution in [3.05, 3.63) is 0 Å². The molecule has 140 valence electrons. The molecule has 0 aromatic carbocycles. The molecule has 0 saturated carbocycles. The van der Waals surface area contributed by atoms with Crippen molar-refractivity contribution < 1.29 is 9.53 Å². The fourth-order valence-corrected chi connectivity index (χ4v) is 2.59. The highest BCUT2D eigenvalue weighted by Crippen LogP contribution is 2.19. The summed E-state index contributed by atoms with van der Waals surface area (Å²) in [5.41, 5.74) is -0.427. The summed E-state index contributed by atoms with van der Waals surface area (Å²) in [4.78, 5) is 18.1. The molecule has 6 heteroatoms. The molecule has 0 unspecified atom stereocenters. The van der Waals surface area contributed by atoms with Crippen LogP contribution in [0.1, 0.15) is 53.9 Å². The number of carbonyl (C=O) groups excluding carboxylic acids is 1. The summed E-state index contributed by atoms with van der Waals surface area (Å²) < 4.78 is 5.43. The molecule has 1 fully saturated rings. The van der Waals surface area contributed by atoms with Crippen molar-refractivity contribution in [1.82, 2.24) is 15.5 Å². The van der Waals surface area contributed by atoms with Crippen LogP contribution in [0.15, 0.2) is 4.99 Å². The third-order valence-corrected chi connectivity index (χ3v) is 4.06. The number of ether oxygens (including phenoxy) is 1. The number of rotatable bonds is 5. The first-order valence-electron chi connectivity index (χ1n) is 9.13. The molecule has 0 radical (unpaired) electrons. The van der Waals surface area contributed by atoms with Crippen LogP contribution in [-0.2, 0) is 4.74 Å². The van der Waals surface area contributed by atoms with Gasteiger partial charge in [0.15, 0.2) is 5.96 Å². The topological polar surface area (TPSA) is 66.0 Å². The van der Waals surface area contributed by atoms with Gasteiger partial charge in [0.25, 0.3) is 0 Å². The molecule has 0 aliphatic carbocycles. The summed E-state index contributed by atoms with van der Waals surface area (Å²) >= 11 is 0. The highest BCUT2D eigenvalue weighted by molar-refractivity contribution is 5.79. The molecule has 0 spiro atoms. The largest absolute Gasteiger partial charge is 0.444 e. The number of aliphatic imine (C=N–C) groups is 1. The minimum Gasteiger partial charge on any atom is -0.444 e. The molecule has 1 saturated heterocycles. The molecule has 1 aliphatic heterocycles. The van der Waals surface area contributed by atoms with Crippen LogP contribution >= 0.6 is 0 Å². The molecular formula is C18H36N4O2. The molecule has 1 amide bonds. The fraction of sp³-hybridized carbons (Fsp3) is 0.889. The SMILES string of the molecule is CN=C(NCCC(C)C)NCC1CCN(C(=O)OC(C)(C)C)CC1. The quantitative estimate of drug-likeness (QED) is 0.596. The molecule has 0 atom stereocenters. The van der Waals surface area contributed by atoms with Gasteiger partial charge in [-0.2, -0.15) is 0 Å². The van der Waals surface area contributed by atoms with E-state index >= 15 is 0 Å². The summed E-state index contributed by atoms with van der Waals surface area (Å²) in [6, 6.07) is 0. The van der Waals surface area contributed by atoms with E-state index in [-0.39, 0.29) is 6.09 Å². The van der Waals surface area contributed by atoms with Gasteiger partial charge in [-0.25, -0.2) is 4.79 Å². The third-order valence-electron chi connectivity index (χ3n) is 4.06. The Morgan fingerprint density at radius 1 is 1.25 bits per heavy atom. The van der Waals surface area contributed by atoms with Gasteiger partial charge in [-0.15, -0.1) is 0 Å². The Morgan fingerprint density at radius 3 is 2.38 bits per heavy atom. The molecule has 6 nitrogen and oxygen atoms in total. The van der Waals surface area contributed by atoms with Crippen molar-refractivity contribution >= 4 is 12.1 Å². The van der Waals surface area contributed by atoms with Crippen molar-refractivity contribution in [2.24, 2.45) is 16.8 Å². The summed E-state index contributed by atoms with van der Waals surface area (Å²) in [5.74, 6) is 2.12. The lowest BCUT2D eigenvalue weighted by molar-refractivity contribution is 0.0185. The Morgan fingerprint density at radius 2 is 1.88 bits per heavy atom. The van der Waals surface area contributed by atoms with Crippen LogP contribution in [0.25, 0.3) is 0 Å². The number of nitrogens with zero attached hydrogens (tertiary/aromatic N) is 2. The number of guanidine groups is 1. The minimum absolute atomic E-state index is 0.194. The Balaban J connectivity index is 2.27. The van der Waals surface area contributed by atoms with Gasteiger partial charge in [-0.05, 0) is 51.9 Å². The summed E-state index contributed by atoms with van der Waals surface area (Å²) in [6.07, 6.45) is 2.93. The number of likely N-dealkylation sites (tertiary alicyclic amines) is 1. The Labute approximate surface area is 147 Å². The van der Waals surface area contributed by atoms with Gasteiger partial charge in [0.05, 0.1) is 0 Å². The third kappa shape index (κ3) is 8.41. The molecule has 24 heavy (non-hydrogen) atoms. The number of hydrogen-bond acceptors (Lipinski definition) is 3. The average molecular weight is 341 g/mol. The van der Waals surface area contributed by atoms with E-state index in [2.05, 4.69) is 29.5 Å². The van der Waals surface area contributed by atoms with Crippen molar-refractivity contribution in [3.8, 4) is 0 Å². The number of amides is 1. The van der Waals surface area contributed by atoms with E-state index in [0.717, 1.165) is 51.4 Å². The highest BCUT2D eigenvalue weighted by Gasteiger charge is 2.26. The van der Waals surface area contributed by atoms with Crippen molar-refractivity contribution in [1.29, 1.82) is 0 Å². The van der Waals surface area contributed by atoms with Crippen molar-refractivity contribution in [3.63, 3.8) is 0 Å². The molecule has 2 N–H and O–H groups in total. The molecule has 1 heterocycles. The van der Waals surface area contributed by atoms with Crippen LogP contribution in [0, 0.1) is 11.8 Å². The number of piperidine rings is 1. The van der Waals surface area contributed by atoms with E-state index in [1.165, 1.54) is 0 Å². The standard InChI is InChI=1S/C18H36N4O2/c1-14(2)7-10-20-16(19-6)21-13-15-8-11-22(12-9-15)17(23)24-18(3,4)5/h14-15H,7-13H2,1-6H3,(H2,19,20,21). The minimum atomic E-state index is -0.427. The van der Waals surface area contributed by atoms with E-state index in [9.17, 15) is 4.79 Å². The van der Waals surface area contributed by atoms with Crippen LogP contribution < -0.4 is 10.6 Å². The Bertz CT molecular complexity index is 408. The predicted molar refractivity (Wildman–Crippen MR) is 99.4 cm³/mol. The zero-order valence-corrected chi connectivity index (χ0v) is 16.3. The fourth-order valence-electron chi connectivity index (χ4n) is 2.59. The lowest BCUT2D eigenvalue weighted by Crippen LogP contribution is -2.45. The van der Waals surface area contributed by atoms with Crippen molar-refractivity contribution in [2.45, 2.75) is 59.5 Å². The molecular weight excluding hydrogens is 304 g/mol. The molecule has 1 rings (SSSR count). The Hall–Kier alpha value is -1.46. The maximum Gasteiger partial charge on any atom is 0.410 e. The van der Waals surface area contributed by atoms with Gasteiger partial charge >= 0.3 is 6.09 Å². The molecule has 0 aromatic heterocycles. The second kappa shape index (κ2) is 9.74. The second-order valence-corrected chi connectivity index (χ2v) is 7.97. The van der Waals surface area contributed by atoms with Crippen LogP contribution in [0.5, 0.6) is 0 Å². The maximum atomic E-state index is 12.1. The normalized spacial score (nSPS) is 17.1.